The third kappa shape index (κ3) is 1.96. The van der Waals surface area contributed by atoms with Crippen LogP contribution in [0.25, 0.3) is 0 Å². The smallest absolute Gasteiger partial charge is 0.0934 e. The Labute approximate surface area is 92.9 Å². The summed E-state index contributed by atoms with van der Waals surface area (Å²) in [7, 11) is 0. The molecule has 1 aromatic heterocycles. The summed E-state index contributed by atoms with van der Waals surface area (Å²) in [5, 5.41) is 12.4. The van der Waals surface area contributed by atoms with Gasteiger partial charge >= 0.3 is 0 Å². The molecule has 0 spiro atoms. The van der Waals surface area contributed by atoms with E-state index >= 15 is 0 Å². The summed E-state index contributed by atoms with van der Waals surface area (Å²) in [5.74, 6) is 0. The summed E-state index contributed by atoms with van der Waals surface area (Å²) in [6.07, 6.45) is 2.24. The van der Waals surface area contributed by atoms with Crippen molar-refractivity contribution >= 4 is 22.9 Å². The third-order valence-corrected chi connectivity index (χ3v) is 3.95. The van der Waals surface area contributed by atoms with Crippen molar-refractivity contribution in [2.75, 3.05) is 6.61 Å². The molecule has 0 saturated heterocycles. The molecule has 0 fully saturated rings. The number of aryl methyl sites for hydroxylation is 1. The Morgan fingerprint density at radius 2 is 2.57 bits per heavy atom. The molecule has 2 N–H and O–H groups in total. The number of halogens is 1. The van der Waals surface area contributed by atoms with Gasteiger partial charge in [0.05, 0.1) is 10.9 Å². The van der Waals surface area contributed by atoms with E-state index in [1.165, 1.54) is 10.4 Å². The predicted molar refractivity (Wildman–Crippen MR) is 60.1 cm³/mol. The molecule has 2 rings (SSSR count). The average molecular weight is 232 g/mol. The van der Waals surface area contributed by atoms with Crippen LogP contribution >= 0.6 is 22.9 Å². The zero-order valence-electron chi connectivity index (χ0n) is 8.09. The highest BCUT2D eigenvalue weighted by Crippen LogP contribution is 2.39. The van der Waals surface area contributed by atoms with Gasteiger partial charge < -0.3 is 10.4 Å². The van der Waals surface area contributed by atoms with Crippen LogP contribution in [0.1, 0.15) is 29.8 Å². The standard InChI is InChI=1S/C10H14ClNOS/c1-6(5-13)12-8-2-3-9-7(8)4-10(11)14-9/h4,6,8,12-13H,2-3,5H2,1H3/t6-,8?/m1/s1. The average Bonchev–Trinajstić information content (AvgIpc) is 2.67. The number of aliphatic hydroxyl groups excluding tert-OH is 1. The van der Waals surface area contributed by atoms with Crippen molar-refractivity contribution in [3.05, 3.63) is 20.8 Å². The Morgan fingerprint density at radius 1 is 1.79 bits per heavy atom. The lowest BCUT2D eigenvalue weighted by atomic mass is 10.1. The normalized spacial score (nSPS) is 22.4. The largest absolute Gasteiger partial charge is 0.395 e. The molecule has 1 aliphatic rings. The van der Waals surface area contributed by atoms with Crippen LogP contribution in [-0.4, -0.2) is 17.8 Å². The van der Waals surface area contributed by atoms with E-state index in [4.69, 9.17) is 16.7 Å². The second kappa shape index (κ2) is 4.19. The molecular weight excluding hydrogens is 218 g/mol. The maximum atomic E-state index is 8.96. The fourth-order valence-corrected chi connectivity index (χ4v) is 3.26. The monoisotopic (exact) mass is 231 g/mol. The Balaban J connectivity index is 2.09. The Morgan fingerprint density at radius 3 is 3.29 bits per heavy atom. The van der Waals surface area contributed by atoms with Crippen LogP contribution in [0.15, 0.2) is 6.07 Å². The van der Waals surface area contributed by atoms with Gasteiger partial charge in [-0.2, -0.15) is 0 Å². The number of fused-ring (bicyclic) bond motifs is 1. The van der Waals surface area contributed by atoms with E-state index in [-0.39, 0.29) is 12.6 Å². The summed E-state index contributed by atoms with van der Waals surface area (Å²) < 4.78 is 0.873. The Hall–Kier alpha value is -0.0900. The Bertz CT molecular complexity index is 326. The van der Waals surface area contributed by atoms with Gasteiger partial charge in [0.1, 0.15) is 0 Å². The lowest BCUT2D eigenvalue weighted by Crippen LogP contribution is -2.31. The number of hydrogen-bond donors (Lipinski definition) is 2. The second-order valence-electron chi connectivity index (χ2n) is 3.77. The zero-order valence-corrected chi connectivity index (χ0v) is 9.66. The van der Waals surface area contributed by atoms with Crippen molar-refractivity contribution in [2.45, 2.75) is 31.8 Å². The SMILES string of the molecule is C[C@H](CO)NC1CCc2sc(Cl)cc21. The highest BCUT2D eigenvalue weighted by molar-refractivity contribution is 7.16. The first-order chi connectivity index (χ1) is 6.70. The summed E-state index contributed by atoms with van der Waals surface area (Å²) in [4.78, 5) is 1.40. The van der Waals surface area contributed by atoms with Gasteiger partial charge in [-0.25, -0.2) is 0 Å². The van der Waals surface area contributed by atoms with E-state index in [1.54, 1.807) is 11.3 Å². The minimum atomic E-state index is 0.157. The van der Waals surface area contributed by atoms with Crippen molar-refractivity contribution < 1.29 is 5.11 Å². The first-order valence-electron chi connectivity index (χ1n) is 4.85. The fraction of sp³-hybridized carbons (Fsp3) is 0.600. The first kappa shape index (κ1) is 10.4. The summed E-state index contributed by atoms with van der Waals surface area (Å²) in [6.45, 7) is 2.18. The molecule has 1 unspecified atom stereocenters. The van der Waals surface area contributed by atoms with E-state index in [2.05, 4.69) is 11.4 Å². The quantitative estimate of drug-likeness (QED) is 0.837. The molecule has 0 radical (unpaired) electrons. The molecule has 0 aliphatic heterocycles. The van der Waals surface area contributed by atoms with E-state index in [0.29, 0.717) is 6.04 Å². The summed E-state index contributed by atoms with van der Waals surface area (Å²) in [5.41, 5.74) is 1.33. The maximum Gasteiger partial charge on any atom is 0.0934 e. The van der Waals surface area contributed by atoms with Crippen molar-refractivity contribution in [2.24, 2.45) is 0 Å². The topological polar surface area (TPSA) is 32.3 Å². The van der Waals surface area contributed by atoms with Gasteiger partial charge in [-0.15, -0.1) is 11.3 Å². The molecule has 1 heterocycles. The first-order valence-corrected chi connectivity index (χ1v) is 6.05. The zero-order chi connectivity index (χ0) is 10.1. The highest BCUT2D eigenvalue weighted by Gasteiger charge is 2.25. The van der Waals surface area contributed by atoms with Gasteiger partial charge in [-0.1, -0.05) is 11.6 Å². The summed E-state index contributed by atoms with van der Waals surface area (Å²) in [6, 6.07) is 2.59. The van der Waals surface area contributed by atoms with Crippen LogP contribution in [0.3, 0.4) is 0 Å². The van der Waals surface area contributed by atoms with Crippen LogP contribution in [-0.2, 0) is 6.42 Å². The predicted octanol–water partition coefficient (Wildman–Crippen LogP) is 2.36. The minimum Gasteiger partial charge on any atom is -0.395 e. The van der Waals surface area contributed by atoms with E-state index in [9.17, 15) is 0 Å². The Kier molecular flexibility index (Phi) is 3.12. The van der Waals surface area contributed by atoms with Gasteiger partial charge in [0, 0.05) is 17.0 Å². The van der Waals surface area contributed by atoms with E-state index < -0.39 is 0 Å². The molecule has 2 atom stereocenters. The van der Waals surface area contributed by atoms with Crippen molar-refractivity contribution in [3.63, 3.8) is 0 Å². The number of nitrogens with one attached hydrogen (secondary N) is 1. The van der Waals surface area contributed by atoms with E-state index in [1.807, 2.05) is 6.92 Å². The minimum absolute atomic E-state index is 0.157. The molecule has 1 aliphatic carbocycles. The molecule has 0 amide bonds. The summed E-state index contributed by atoms with van der Waals surface area (Å²) >= 11 is 7.63. The third-order valence-electron chi connectivity index (χ3n) is 2.61. The van der Waals surface area contributed by atoms with Gasteiger partial charge in [-0.3, -0.25) is 0 Å². The van der Waals surface area contributed by atoms with E-state index in [0.717, 1.165) is 17.2 Å². The van der Waals surface area contributed by atoms with Crippen LogP contribution in [0, 0.1) is 0 Å². The number of hydrogen-bond acceptors (Lipinski definition) is 3. The molecular formula is C10H14ClNOS. The van der Waals surface area contributed by atoms with Gasteiger partial charge in [0.25, 0.3) is 0 Å². The lowest BCUT2D eigenvalue weighted by molar-refractivity contribution is 0.240. The molecule has 14 heavy (non-hydrogen) atoms. The second-order valence-corrected chi connectivity index (χ2v) is 5.54. The highest BCUT2D eigenvalue weighted by atomic mass is 35.5. The molecule has 1 aromatic rings. The van der Waals surface area contributed by atoms with Gasteiger partial charge in [-0.05, 0) is 31.4 Å². The molecule has 0 saturated carbocycles. The van der Waals surface area contributed by atoms with Crippen molar-refractivity contribution in [3.8, 4) is 0 Å². The lowest BCUT2D eigenvalue weighted by Gasteiger charge is -2.17. The van der Waals surface area contributed by atoms with Gasteiger partial charge in [0.15, 0.2) is 0 Å². The van der Waals surface area contributed by atoms with Crippen LogP contribution in [0.5, 0.6) is 0 Å². The van der Waals surface area contributed by atoms with Crippen LogP contribution in [0.2, 0.25) is 4.34 Å². The number of aliphatic hydroxyl groups is 1. The number of thiophene rings is 1. The molecule has 0 bridgehead atoms. The van der Waals surface area contributed by atoms with Crippen molar-refractivity contribution in [1.29, 1.82) is 0 Å². The maximum absolute atomic E-state index is 8.96. The van der Waals surface area contributed by atoms with Crippen LogP contribution < -0.4 is 5.32 Å². The molecule has 0 aromatic carbocycles. The van der Waals surface area contributed by atoms with Gasteiger partial charge in [0.2, 0.25) is 0 Å². The fourth-order valence-electron chi connectivity index (χ4n) is 1.90. The number of rotatable bonds is 3. The van der Waals surface area contributed by atoms with Crippen molar-refractivity contribution in [1.82, 2.24) is 5.32 Å². The molecule has 78 valence electrons. The molecule has 2 nitrogen and oxygen atoms in total. The van der Waals surface area contributed by atoms with Crippen LogP contribution in [0.4, 0.5) is 0 Å². The molecule has 4 heteroatoms.